The third-order valence-electron chi connectivity index (χ3n) is 3.67. The maximum atomic E-state index is 9.56. The van der Waals surface area contributed by atoms with E-state index in [-0.39, 0.29) is 6.61 Å². The fourth-order valence-electron chi connectivity index (χ4n) is 2.45. The molecule has 1 aromatic heterocycles. The van der Waals surface area contributed by atoms with Crippen LogP contribution in [-0.2, 0) is 18.9 Å². The average molecular weight is 335 g/mol. The Hall–Kier alpha value is -2.55. The maximum absolute atomic E-state index is 9.56. The molecule has 0 amide bonds. The van der Waals surface area contributed by atoms with Crippen LogP contribution in [-0.4, -0.2) is 14.7 Å². The Morgan fingerprint density at radius 3 is 2.62 bits per heavy atom. The fraction of sp³-hybridized carbons (Fsp3) is 0.158. The molecule has 1 N–H and O–H groups in total. The topological polar surface area (TPSA) is 61.8 Å². The van der Waals surface area contributed by atoms with Gasteiger partial charge in [0.05, 0.1) is 30.1 Å². The van der Waals surface area contributed by atoms with Crippen molar-refractivity contribution in [1.82, 2.24) is 9.55 Å². The molecule has 0 unspecified atom stereocenters. The second kappa shape index (κ2) is 7.82. The van der Waals surface area contributed by atoms with Gasteiger partial charge in [0, 0.05) is 12.3 Å². The number of hydrogen-bond donors (Lipinski definition) is 1. The monoisotopic (exact) mass is 335 g/mol. The highest BCUT2D eigenvalue weighted by atomic mass is 32.2. The van der Waals surface area contributed by atoms with Crippen molar-refractivity contribution in [3.63, 3.8) is 0 Å². The van der Waals surface area contributed by atoms with Gasteiger partial charge in [-0.3, -0.25) is 0 Å². The standard InChI is InChI=1S/C19H17N3OS/c20-10-16-7-4-8-17(9-16)14-24-19-21-11-18(13-23)22(19)12-15-5-2-1-3-6-15/h1-9,11,23H,12-14H2. The average Bonchev–Trinajstić information content (AvgIpc) is 3.02. The van der Waals surface area contributed by atoms with E-state index in [1.54, 1.807) is 24.0 Å². The summed E-state index contributed by atoms with van der Waals surface area (Å²) in [6, 6.07) is 19.9. The third-order valence-corrected chi connectivity index (χ3v) is 4.73. The van der Waals surface area contributed by atoms with E-state index in [4.69, 9.17) is 5.26 Å². The predicted molar refractivity (Wildman–Crippen MR) is 94.4 cm³/mol. The first-order valence-corrected chi connectivity index (χ1v) is 8.59. The van der Waals surface area contributed by atoms with Crippen molar-refractivity contribution < 1.29 is 5.11 Å². The Balaban J connectivity index is 1.78. The van der Waals surface area contributed by atoms with Crippen LogP contribution in [0, 0.1) is 11.3 Å². The number of aliphatic hydroxyl groups is 1. The van der Waals surface area contributed by atoms with Gasteiger partial charge in [-0.25, -0.2) is 4.98 Å². The van der Waals surface area contributed by atoms with E-state index in [2.05, 4.69) is 23.2 Å². The van der Waals surface area contributed by atoms with Crippen LogP contribution in [0.2, 0.25) is 0 Å². The second-order valence-corrected chi connectivity index (χ2v) is 6.31. The minimum atomic E-state index is -0.0374. The minimum Gasteiger partial charge on any atom is -0.390 e. The zero-order valence-electron chi connectivity index (χ0n) is 13.1. The van der Waals surface area contributed by atoms with E-state index in [0.29, 0.717) is 12.1 Å². The molecule has 0 saturated heterocycles. The molecule has 0 bridgehead atoms. The van der Waals surface area contributed by atoms with Crippen molar-refractivity contribution in [1.29, 1.82) is 5.26 Å². The number of thioether (sulfide) groups is 1. The molecule has 0 aliphatic rings. The van der Waals surface area contributed by atoms with Crippen molar-refractivity contribution in [3.8, 4) is 6.07 Å². The molecule has 3 aromatic rings. The lowest BCUT2D eigenvalue weighted by atomic mass is 10.2. The molecule has 0 radical (unpaired) electrons. The summed E-state index contributed by atoms with van der Waals surface area (Å²) in [6.07, 6.45) is 1.72. The molecule has 0 saturated carbocycles. The molecule has 2 aromatic carbocycles. The molecule has 0 spiro atoms. The Labute approximate surface area is 145 Å². The number of aliphatic hydroxyl groups excluding tert-OH is 1. The van der Waals surface area contributed by atoms with Gasteiger partial charge in [-0.15, -0.1) is 0 Å². The molecule has 120 valence electrons. The fourth-order valence-corrected chi connectivity index (χ4v) is 3.39. The molecule has 4 nitrogen and oxygen atoms in total. The van der Waals surface area contributed by atoms with Crippen LogP contribution < -0.4 is 0 Å². The molecule has 0 fully saturated rings. The lowest BCUT2D eigenvalue weighted by molar-refractivity contribution is 0.270. The van der Waals surface area contributed by atoms with Crippen LogP contribution >= 0.6 is 11.8 Å². The van der Waals surface area contributed by atoms with Crippen molar-refractivity contribution in [3.05, 3.63) is 83.2 Å². The number of imidazole rings is 1. The van der Waals surface area contributed by atoms with Gasteiger partial charge in [0.15, 0.2) is 5.16 Å². The van der Waals surface area contributed by atoms with Crippen LogP contribution in [0.15, 0.2) is 66.0 Å². The van der Waals surface area contributed by atoms with Gasteiger partial charge in [-0.1, -0.05) is 54.2 Å². The number of nitrogens with zero attached hydrogens (tertiary/aromatic N) is 3. The highest BCUT2D eigenvalue weighted by Gasteiger charge is 2.11. The summed E-state index contributed by atoms with van der Waals surface area (Å²) in [5.41, 5.74) is 3.71. The molecular weight excluding hydrogens is 318 g/mol. The maximum Gasteiger partial charge on any atom is 0.168 e. The molecule has 0 aliphatic carbocycles. The number of benzene rings is 2. The van der Waals surface area contributed by atoms with Gasteiger partial charge < -0.3 is 9.67 Å². The Bertz CT molecular complexity index is 853. The first kappa shape index (κ1) is 16.3. The summed E-state index contributed by atoms with van der Waals surface area (Å²) < 4.78 is 2.04. The molecular formula is C19H17N3OS. The van der Waals surface area contributed by atoms with Crippen molar-refractivity contribution in [2.45, 2.75) is 24.1 Å². The first-order chi connectivity index (χ1) is 11.8. The Kier molecular flexibility index (Phi) is 5.32. The summed E-state index contributed by atoms with van der Waals surface area (Å²) in [5, 5.41) is 19.4. The van der Waals surface area contributed by atoms with Crippen molar-refractivity contribution in [2.24, 2.45) is 0 Å². The van der Waals surface area contributed by atoms with Crippen LogP contribution in [0.1, 0.15) is 22.4 Å². The quantitative estimate of drug-likeness (QED) is 0.699. The molecule has 24 heavy (non-hydrogen) atoms. The van der Waals surface area contributed by atoms with Gasteiger partial charge in [-0.2, -0.15) is 5.26 Å². The lowest BCUT2D eigenvalue weighted by Crippen LogP contribution is -2.06. The van der Waals surface area contributed by atoms with E-state index in [1.807, 2.05) is 41.0 Å². The smallest absolute Gasteiger partial charge is 0.168 e. The second-order valence-electron chi connectivity index (χ2n) is 5.36. The van der Waals surface area contributed by atoms with Crippen molar-refractivity contribution in [2.75, 3.05) is 0 Å². The summed E-state index contributed by atoms with van der Waals surface area (Å²) in [4.78, 5) is 4.44. The third kappa shape index (κ3) is 3.85. The summed E-state index contributed by atoms with van der Waals surface area (Å²) in [6.45, 7) is 0.640. The predicted octanol–water partition coefficient (Wildman–Crippen LogP) is 3.59. The van der Waals surface area contributed by atoms with Crippen LogP contribution in [0.4, 0.5) is 0 Å². The summed E-state index contributed by atoms with van der Waals surface area (Å²) in [7, 11) is 0. The van der Waals surface area contributed by atoms with Gasteiger partial charge in [0.2, 0.25) is 0 Å². The van der Waals surface area contributed by atoms with E-state index < -0.39 is 0 Å². The largest absolute Gasteiger partial charge is 0.390 e. The SMILES string of the molecule is N#Cc1cccc(CSc2ncc(CO)n2Cc2ccccc2)c1. The van der Waals surface area contributed by atoms with Gasteiger partial charge in [0.25, 0.3) is 0 Å². The van der Waals surface area contributed by atoms with Crippen LogP contribution in [0.3, 0.4) is 0 Å². The van der Waals surface area contributed by atoms with Gasteiger partial charge in [-0.05, 0) is 23.3 Å². The molecule has 5 heteroatoms. The van der Waals surface area contributed by atoms with E-state index >= 15 is 0 Å². The number of nitriles is 1. The highest BCUT2D eigenvalue weighted by Crippen LogP contribution is 2.24. The first-order valence-electron chi connectivity index (χ1n) is 7.61. The van der Waals surface area contributed by atoms with Gasteiger partial charge >= 0.3 is 0 Å². The zero-order chi connectivity index (χ0) is 16.8. The Morgan fingerprint density at radius 1 is 1.08 bits per heavy atom. The number of hydrogen-bond acceptors (Lipinski definition) is 4. The highest BCUT2D eigenvalue weighted by molar-refractivity contribution is 7.98. The van der Waals surface area contributed by atoms with E-state index in [1.165, 1.54) is 5.56 Å². The van der Waals surface area contributed by atoms with Gasteiger partial charge in [0.1, 0.15) is 0 Å². The van der Waals surface area contributed by atoms with E-state index in [0.717, 1.165) is 22.2 Å². The van der Waals surface area contributed by atoms with Crippen molar-refractivity contribution >= 4 is 11.8 Å². The molecule has 0 aliphatic heterocycles. The number of aromatic nitrogens is 2. The van der Waals surface area contributed by atoms with E-state index in [9.17, 15) is 5.11 Å². The summed E-state index contributed by atoms with van der Waals surface area (Å²) in [5.74, 6) is 0.728. The molecule has 3 rings (SSSR count). The summed E-state index contributed by atoms with van der Waals surface area (Å²) >= 11 is 1.61. The lowest BCUT2D eigenvalue weighted by Gasteiger charge is -2.11. The Morgan fingerprint density at radius 2 is 1.88 bits per heavy atom. The minimum absolute atomic E-state index is 0.0374. The van der Waals surface area contributed by atoms with Crippen LogP contribution in [0.25, 0.3) is 0 Å². The number of rotatable bonds is 6. The normalized spacial score (nSPS) is 10.5. The molecule has 0 atom stereocenters. The molecule has 1 heterocycles. The van der Waals surface area contributed by atoms with Crippen LogP contribution in [0.5, 0.6) is 0 Å². The zero-order valence-corrected chi connectivity index (χ0v) is 13.9.